The Morgan fingerprint density at radius 1 is 1.40 bits per heavy atom. The number of alkyl halides is 1. The second-order valence-corrected chi connectivity index (χ2v) is 3.46. The molecule has 5 nitrogen and oxygen atoms in total. The quantitative estimate of drug-likeness (QED) is 0.743. The van der Waals surface area contributed by atoms with Gasteiger partial charge in [0.25, 0.3) is 0 Å². The fraction of sp³-hybridized carbons (Fsp3) is 0.333. The largest absolute Gasteiger partial charge is 0.389 e. The van der Waals surface area contributed by atoms with Gasteiger partial charge in [-0.1, -0.05) is 0 Å². The molecule has 2 heterocycles. The van der Waals surface area contributed by atoms with Crippen LogP contribution in [-0.2, 0) is 0 Å². The number of hydrogen-bond acceptors (Lipinski definition) is 4. The van der Waals surface area contributed by atoms with E-state index in [4.69, 9.17) is 11.6 Å². The summed E-state index contributed by atoms with van der Waals surface area (Å²) >= 11 is 5.46. The average molecular weight is 228 g/mol. The molecule has 0 radical (unpaired) electrons. The topological polar surface area (TPSA) is 70.7 Å². The molecular formula is C9H10ClN3O2. The van der Waals surface area contributed by atoms with Crippen molar-refractivity contribution in [2.24, 2.45) is 0 Å². The zero-order chi connectivity index (χ0) is 10.8. The normalized spacial score (nSPS) is 15.4. The lowest BCUT2D eigenvalue weighted by molar-refractivity contribution is 0.0295. The summed E-state index contributed by atoms with van der Waals surface area (Å²) in [6.45, 7) is 0. The summed E-state index contributed by atoms with van der Waals surface area (Å²) < 4.78 is 1.66. The molecule has 0 saturated carbocycles. The zero-order valence-electron chi connectivity index (χ0n) is 7.79. The molecule has 0 aromatic carbocycles. The van der Waals surface area contributed by atoms with Crippen molar-refractivity contribution < 1.29 is 10.2 Å². The fourth-order valence-corrected chi connectivity index (χ4v) is 1.53. The van der Waals surface area contributed by atoms with E-state index in [1.807, 2.05) is 0 Å². The zero-order valence-corrected chi connectivity index (χ0v) is 8.54. The van der Waals surface area contributed by atoms with Gasteiger partial charge in [-0.15, -0.1) is 11.6 Å². The molecule has 2 rings (SSSR count). The Morgan fingerprint density at radius 3 is 2.93 bits per heavy atom. The van der Waals surface area contributed by atoms with Gasteiger partial charge in [-0.2, -0.15) is 0 Å². The summed E-state index contributed by atoms with van der Waals surface area (Å²) in [5, 5.41) is 19.2. The highest BCUT2D eigenvalue weighted by Gasteiger charge is 2.20. The van der Waals surface area contributed by atoms with Crippen molar-refractivity contribution in [2.45, 2.75) is 12.2 Å². The number of imidazole rings is 1. The van der Waals surface area contributed by atoms with Gasteiger partial charge in [0, 0.05) is 12.4 Å². The molecule has 2 aromatic rings. The molecule has 15 heavy (non-hydrogen) atoms. The Balaban J connectivity index is 2.43. The van der Waals surface area contributed by atoms with Crippen LogP contribution in [0.1, 0.15) is 11.8 Å². The third kappa shape index (κ3) is 1.81. The second kappa shape index (κ2) is 4.14. The van der Waals surface area contributed by atoms with Crippen molar-refractivity contribution in [1.82, 2.24) is 14.4 Å². The molecule has 0 fully saturated rings. The van der Waals surface area contributed by atoms with Crippen molar-refractivity contribution in [2.75, 3.05) is 5.88 Å². The Bertz CT molecular complexity index is 459. The minimum Gasteiger partial charge on any atom is -0.389 e. The SMILES string of the molecule is OC(CCl)C(O)c1cnc2cnccn12. The average Bonchev–Trinajstić information content (AvgIpc) is 2.70. The first-order chi connectivity index (χ1) is 7.24. The summed E-state index contributed by atoms with van der Waals surface area (Å²) in [5.74, 6) is -0.0283. The number of aromatic nitrogens is 3. The molecule has 0 aliphatic heterocycles. The van der Waals surface area contributed by atoms with Crippen LogP contribution in [0, 0.1) is 0 Å². The highest BCUT2D eigenvalue weighted by atomic mass is 35.5. The van der Waals surface area contributed by atoms with Crippen LogP contribution in [0.4, 0.5) is 0 Å². The lowest BCUT2D eigenvalue weighted by Crippen LogP contribution is -2.20. The van der Waals surface area contributed by atoms with Crippen LogP contribution in [0.15, 0.2) is 24.8 Å². The molecule has 2 unspecified atom stereocenters. The highest BCUT2D eigenvalue weighted by Crippen LogP contribution is 2.18. The first-order valence-electron chi connectivity index (χ1n) is 4.43. The predicted octanol–water partition coefficient (Wildman–Crippen LogP) is 0.362. The van der Waals surface area contributed by atoms with Crippen molar-refractivity contribution in [3.05, 3.63) is 30.5 Å². The number of fused-ring (bicyclic) bond motifs is 1. The first kappa shape index (κ1) is 10.4. The number of halogens is 1. The smallest absolute Gasteiger partial charge is 0.155 e. The maximum Gasteiger partial charge on any atom is 0.155 e. The maximum atomic E-state index is 9.76. The summed E-state index contributed by atoms with van der Waals surface area (Å²) in [6.07, 6.45) is 4.28. The van der Waals surface area contributed by atoms with Gasteiger partial charge >= 0.3 is 0 Å². The van der Waals surface area contributed by atoms with Gasteiger partial charge in [0.2, 0.25) is 0 Å². The number of rotatable bonds is 3. The van der Waals surface area contributed by atoms with Crippen LogP contribution >= 0.6 is 11.6 Å². The molecule has 0 amide bonds. The van der Waals surface area contributed by atoms with Crippen molar-refractivity contribution in [3.63, 3.8) is 0 Å². The van der Waals surface area contributed by atoms with Crippen molar-refractivity contribution in [3.8, 4) is 0 Å². The number of aliphatic hydroxyl groups is 2. The predicted molar refractivity (Wildman–Crippen MR) is 54.7 cm³/mol. The van der Waals surface area contributed by atoms with Gasteiger partial charge in [0.1, 0.15) is 6.10 Å². The van der Waals surface area contributed by atoms with Crippen LogP contribution in [0.3, 0.4) is 0 Å². The Kier molecular flexibility index (Phi) is 2.86. The third-order valence-corrected chi connectivity index (χ3v) is 2.49. The summed E-state index contributed by atoms with van der Waals surface area (Å²) in [5.41, 5.74) is 1.12. The van der Waals surface area contributed by atoms with Crippen LogP contribution < -0.4 is 0 Å². The summed E-state index contributed by atoms with van der Waals surface area (Å²) in [4.78, 5) is 7.94. The van der Waals surface area contributed by atoms with Gasteiger partial charge in [-0.3, -0.25) is 9.38 Å². The molecular weight excluding hydrogens is 218 g/mol. The number of hydrogen-bond donors (Lipinski definition) is 2. The highest BCUT2D eigenvalue weighted by molar-refractivity contribution is 6.18. The first-order valence-corrected chi connectivity index (χ1v) is 4.96. The Hall–Kier alpha value is -1.17. The molecule has 0 spiro atoms. The van der Waals surface area contributed by atoms with E-state index >= 15 is 0 Å². The van der Waals surface area contributed by atoms with Crippen molar-refractivity contribution in [1.29, 1.82) is 0 Å². The van der Waals surface area contributed by atoms with E-state index in [2.05, 4.69) is 9.97 Å². The molecule has 0 saturated heterocycles. The number of nitrogens with zero attached hydrogens (tertiary/aromatic N) is 3. The lowest BCUT2D eigenvalue weighted by Gasteiger charge is -2.14. The molecule has 0 aliphatic rings. The van der Waals surface area contributed by atoms with Crippen LogP contribution in [0.25, 0.3) is 5.65 Å². The lowest BCUT2D eigenvalue weighted by atomic mass is 10.2. The number of aliphatic hydroxyl groups excluding tert-OH is 2. The molecule has 80 valence electrons. The fourth-order valence-electron chi connectivity index (χ4n) is 1.36. The van der Waals surface area contributed by atoms with E-state index in [-0.39, 0.29) is 5.88 Å². The third-order valence-electron chi connectivity index (χ3n) is 2.17. The van der Waals surface area contributed by atoms with E-state index in [0.717, 1.165) is 0 Å². The molecule has 2 atom stereocenters. The molecule has 0 bridgehead atoms. The van der Waals surface area contributed by atoms with E-state index in [1.54, 1.807) is 23.0 Å². The summed E-state index contributed by atoms with van der Waals surface area (Å²) in [6, 6.07) is 0. The molecule has 0 aliphatic carbocycles. The van der Waals surface area contributed by atoms with E-state index in [0.29, 0.717) is 11.3 Å². The van der Waals surface area contributed by atoms with Gasteiger partial charge in [0.15, 0.2) is 5.65 Å². The molecule has 2 N–H and O–H groups in total. The monoisotopic (exact) mass is 227 g/mol. The van der Waals surface area contributed by atoms with Crippen LogP contribution in [0.5, 0.6) is 0 Å². The maximum absolute atomic E-state index is 9.76. The van der Waals surface area contributed by atoms with E-state index < -0.39 is 12.2 Å². The standard InChI is InChI=1S/C9H10ClN3O2/c10-3-7(14)9(15)6-4-12-8-5-11-1-2-13(6)8/h1-2,4-5,7,9,14-15H,3H2. The van der Waals surface area contributed by atoms with Gasteiger partial charge < -0.3 is 10.2 Å². The minimum absolute atomic E-state index is 0.0283. The van der Waals surface area contributed by atoms with Gasteiger partial charge in [0.05, 0.1) is 30.1 Å². The van der Waals surface area contributed by atoms with E-state index in [1.165, 1.54) is 6.20 Å². The molecule has 6 heteroatoms. The Morgan fingerprint density at radius 2 is 2.20 bits per heavy atom. The minimum atomic E-state index is -1.04. The van der Waals surface area contributed by atoms with Crippen LogP contribution in [-0.4, -0.2) is 36.6 Å². The second-order valence-electron chi connectivity index (χ2n) is 3.15. The van der Waals surface area contributed by atoms with Gasteiger partial charge in [-0.05, 0) is 0 Å². The van der Waals surface area contributed by atoms with Crippen molar-refractivity contribution >= 4 is 17.2 Å². The molecule has 2 aromatic heterocycles. The Labute approximate surface area is 91.0 Å². The summed E-state index contributed by atoms with van der Waals surface area (Å²) in [7, 11) is 0. The van der Waals surface area contributed by atoms with Gasteiger partial charge in [-0.25, -0.2) is 4.98 Å². The van der Waals surface area contributed by atoms with E-state index in [9.17, 15) is 10.2 Å². The van der Waals surface area contributed by atoms with Crippen LogP contribution in [0.2, 0.25) is 0 Å².